The van der Waals surface area contributed by atoms with Crippen LogP contribution >= 0.6 is 0 Å². The highest BCUT2D eigenvalue weighted by Crippen LogP contribution is 2.29. The fraction of sp³-hybridized carbons (Fsp3) is 0.909. The number of hydrogen-bond donors (Lipinski definition) is 1. The predicted molar refractivity (Wildman–Crippen MR) is 57.8 cm³/mol. The quantitative estimate of drug-likeness (QED) is 0.744. The van der Waals surface area contributed by atoms with E-state index in [-0.39, 0.29) is 17.4 Å². The zero-order valence-electron chi connectivity index (χ0n) is 9.71. The Balaban J connectivity index is 2.62. The van der Waals surface area contributed by atoms with Crippen LogP contribution in [0.15, 0.2) is 0 Å². The van der Waals surface area contributed by atoms with Crippen LogP contribution < -0.4 is 5.73 Å². The van der Waals surface area contributed by atoms with Crippen LogP contribution in [0.25, 0.3) is 0 Å². The van der Waals surface area contributed by atoms with E-state index in [2.05, 4.69) is 0 Å². The topological polar surface area (TPSA) is 46.3 Å². The Bertz CT molecular complexity index is 212. The minimum Gasteiger partial charge on any atom is -0.339 e. The van der Waals surface area contributed by atoms with Gasteiger partial charge >= 0.3 is 0 Å². The van der Waals surface area contributed by atoms with Crippen molar-refractivity contribution in [3.8, 4) is 0 Å². The molecular formula is C11H22N2O. The molecule has 82 valence electrons. The van der Waals surface area contributed by atoms with E-state index in [1.165, 1.54) is 0 Å². The predicted octanol–water partition coefficient (Wildman–Crippen LogP) is 1.37. The highest BCUT2D eigenvalue weighted by Gasteiger charge is 2.37. The maximum absolute atomic E-state index is 12.0. The molecule has 0 aromatic carbocycles. The smallest absolute Gasteiger partial charge is 0.240 e. The van der Waals surface area contributed by atoms with E-state index in [0.717, 1.165) is 19.4 Å². The summed E-state index contributed by atoms with van der Waals surface area (Å²) < 4.78 is 0. The zero-order chi connectivity index (χ0) is 10.9. The van der Waals surface area contributed by atoms with Gasteiger partial charge in [-0.2, -0.15) is 0 Å². The average molecular weight is 198 g/mol. The first-order valence-corrected chi connectivity index (χ1v) is 5.44. The molecule has 1 atom stereocenters. The summed E-state index contributed by atoms with van der Waals surface area (Å²) in [7, 11) is 0. The molecular weight excluding hydrogens is 176 g/mol. The first kappa shape index (κ1) is 11.5. The van der Waals surface area contributed by atoms with Gasteiger partial charge in [0, 0.05) is 12.6 Å². The van der Waals surface area contributed by atoms with E-state index in [1.807, 2.05) is 32.6 Å². The maximum Gasteiger partial charge on any atom is 0.240 e. The van der Waals surface area contributed by atoms with E-state index < -0.39 is 0 Å². The van der Waals surface area contributed by atoms with E-state index >= 15 is 0 Å². The van der Waals surface area contributed by atoms with E-state index in [0.29, 0.717) is 6.04 Å². The summed E-state index contributed by atoms with van der Waals surface area (Å²) in [5.41, 5.74) is 5.81. The third-order valence-electron chi connectivity index (χ3n) is 2.81. The molecule has 0 aromatic heterocycles. The molecule has 1 saturated carbocycles. The molecule has 1 aliphatic carbocycles. The Morgan fingerprint density at radius 1 is 1.50 bits per heavy atom. The maximum atomic E-state index is 12.0. The summed E-state index contributed by atoms with van der Waals surface area (Å²) in [5, 5.41) is 0. The van der Waals surface area contributed by atoms with Crippen molar-refractivity contribution in [1.82, 2.24) is 4.90 Å². The van der Waals surface area contributed by atoms with Crippen LogP contribution in [-0.4, -0.2) is 29.4 Å². The van der Waals surface area contributed by atoms with Crippen molar-refractivity contribution >= 4 is 5.91 Å². The highest BCUT2D eigenvalue weighted by atomic mass is 16.2. The number of carbonyl (C=O) groups excluding carboxylic acids is 1. The second kappa shape index (κ2) is 3.89. The van der Waals surface area contributed by atoms with Gasteiger partial charge in [0.1, 0.15) is 0 Å². The molecule has 3 nitrogen and oxygen atoms in total. The van der Waals surface area contributed by atoms with Crippen molar-refractivity contribution in [1.29, 1.82) is 0 Å². The molecule has 0 radical (unpaired) electrons. The van der Waals surface area contributed by atoms with Crippen LogP contribution in [-0.2, 0) is 4.79 Å². The van der Waals surface area contributed by atoms with Crippen LogP contribution in [0.3, 0.4) is 0 Å². The number of hydrogen-bond acceptors (Lipinski definition) is 2. The number of amides is 1. The van der Waals surface area contributed by atoms with E-state index in [9.17, 15) is 4.79 Å². The Hall–Kier alpha value is -0.570. The molecule has 1 aliphatic rings. The van der Waals surface area contributed by atoms with Crippen molar-refractivity contribution < 1.29 is 4.79 Å². The van der Waals surface area contributed by atoms with E-state index in [1.54, 1.807) is 0 Å². The minimum absolute atomic E-state index is 0.113. The lowest BCUT2D eigenvalue weighted by Crippen LogP contribution is -2.51. The lowest BCUT2D eigenvalue weighted by molar-refractivity contribution is -0.135. The lowest BCUT2D eigenvalue weighted by Gasteiger charge is -2.31. The minimum atomic E-state index is -0.372. The first-order chi connectivity index (χ1) is 6.38. The number of nitrogens with two attached hydrogens (primary N) is 1. The average Bonchev–Trinajstić information content (AvgIpc) is 2.86. The van der Waals surface area contributed by atoms with Gasteiger partial charge in [-0.05, 0) is 25.2 Å². The number of rotatable bonds is 3. The third-order valence-corrected chi connectivity index (χ3v) is 2.81. The molecule has 0 heterocycles. The van der Waals surface area contributed by atoms with Crippen LogP contribution in [0.1, 0.15) is 40.5 Å². The lowest BCUT2D eigenvalue weighted by atomic mass is 9.86. The van der Waals surface area contributed by atoms with Gasteiger partial charge < -0.3 is 10.6 Å². The molecule has 0 saturated heterocycles. The van der Waals surface area contributed by atoms with Gasteiger partial charge in [0.25, 0.3) is 0 Å². The molecule has 3 heteroatoms. The largest absolute Gasteiger partial charge is 0.339 e. The molecule has 1 amide bonds. The van der Waals surface area contributed by atoms with Crippen molar-refractivity contribution in [3.05, 3.63) is 0 Å². The Kier molecular flexibility index (Phi) is 3.20. The van der Waals surface area contributed by atoms with Gasteiger partial charge in [0.05, 0.1) is 6.04 Å². The summed E-state index contributed by atoms with van der Waals surface area (Å²) in [6, 6.07) is 0.101. The van der Waals surface area contributed by atoms with Crippen molar-refractivity contribution in [2.24, 2.45) is 11.1 Å². The Morgan fingerprint density at radius 2 is 2.00 bits per heavy atom. The summed E-state index contributed by atoms with van der Waals surface area (Å²) in [4.78, 5) is 13.9. The molecule has 0 aliphatic heterocycles. The van der Waals surface area contributed by atoms with Crippen LogP contribution in [0, 0.1) is 5.41 Å². The molecule has 0 spiro atoms. The summed E-state index contributed by atoms with van der Waals surface area (Å²) >= 11 is 0. The van der Waals surface area contributed by atoms with Gasteiger partial charge in [-0.25, -0.2) is 0 Å². The molecule has 1 fully saturated rings. The highest BCUT2D eigenvalue weighted by molar-refractivity contribution is 5.83. The summed E-state index contributed by atoms with van der Waals surface area (Å²) in [6.07, 6.45) is 2.30. The van der Waals surface area contributed by atoms with Gasteiger partial charge in [-0.1, -0.05) is 20.8 Å². The third kappa shape index (κ3) is 2.47. The first-order valence-electron chi connectivity index (χ1n) is 5.44. The monoisotopic (exact) mass is 198 g/mol. The number of nitrogens with zero attached hydrogens (tertiary/aromatic N) is 1. The molecule has 14 heavy (non-hydrogen) atoms. The standard InChI is InChI=1S/C11H22N2O/c1-5-13(8-6-7-8)10(14)9(12)11(2,3)4/h8-9H,5-7,12H2,1-4H3/t9-/m0/s1. The van der Waals surface area contributed by atoms with Gasteiger partial charge in [0.2, 0.25) is 5.91 Å². The fourth-order valence-corrected chi connectivity index (χ4v) is 1.53. The summed E-state index contributed by atoms with van der Waals surface area (Å²) in [5.74, 6) is 0.113. The van der Waals surface area contributed by atoms with Crippen LogP contribution in [0.2, 0.25) is 0 Å². The number of likely N-dealkylation sites (N-methyl/N-ethyl adjacent to an activating group) is 1. The van der Waals surface area contributed by atoms with Crippen molar-refractivity contribution in [2.75, 3.05) is 6.54 Å². The summed E-state index contributed by atoms with van der Waals surface area (Å²) in [6.45, 7) is 8.84. The Morgan fingerprint density at radius 3 is 2.29 bits per heavy atom. The number of carbonyl (C=O) groups is 1. The molecule has 2 N–H and O–H groups in total. The van der Waals surface area contributed by atoms with Gasteiger partial charge in [-0.3, -0.25) is 4.79 Å². The SMILES string of the molecule is CCN(C(=O)[C@H](N)C(C)(C)C)C1CC1. The zero-order valence-corrected chi connectivity index (χ0v) is 9.71. The normalized spacial score (nSPS) is 19.2. The van der Waals surface area contributed by atoms with Gasteiger partial charge in [-0.15, -0.1) is 0 Å². The van der Waals surface area contributed by atoms with Crippen molar-refractivity contribution in [3.63, 3.8) is 0 Å². The Labute approximate surface area is 86.6 Å². The van der Waals surface area contributed by atoms with Crippen molar-refractivity contribution in [2.45, 2.75) is 52.6 Å². The molecule has 0 unspecified atom stereocenters. The van der Waals surface area contributed by atoms with Gasteiger partial charge in [0.15, 0.2) is 0 Å². The molecule has 1 rings (SSSR count). The molecule has 0 bridgehead atoms. The van der Waals surface area contributed by atoms with E-state index in [4.69, 9.17) is 5.73 Å². The van der Waals surface area contributed by atoms with Crippen LogP contribution in [0.5, 0.6) is 0 Å². The second-order valence-corrected chi connectivity index (χ2v) is 5.20. The van der Waals surface area contributed by atoms with Crippen LogP contribution in [0.4, 0.5) is 0 Å². The second-order valence-electron chi connectivity index (χ2n) is 5.20. The molecule has 0 aromatic rings. The fourth-order valence-electron chi connectivity index (χ4n) is 1.53.